The number of furan rings is 1. The minimum absolute atomic E-state index is 0.0117. The van der Waals surface area contributed by atoms with Crippen LogP contribution in [-0.2, 0) is 11.3 Å². The van der Waals surface area contributed by atoms with Gasteiger partial charge in [0.25, 0.3) is 5.91 Å². The van der Waals surface area contributed by atoms with Crippen LogP contribution in [0.5, 0.6) is 5.75 Å². The van der Waals surface area contributed by atoms with E-state index in [0.29, 0.717) is 22.9 Å². The van der Waals surface area contributed by atoms with Crippen molar-refractivity contribution < 1.29 is 23.8 Å². The average molecular weight is 439 g/mol. The standard InChI is InChI=1S/C23H22N2O5S/c1-4-29-16-9-7-15(8-10-16)12-25-19(17-6-5-11-30-17)18(21(27)23(25)28)20(26)22-13(2)24-14(3)31-22/h5-11,19,27H,4,12H2,1-3H3. The first-order valence-electron chi connectivity index (χ1n) is 9.88. The molecule has 3 heterocycles. The van der Waals surface area contributed by atoms with E-state index in [2.05, 4.69) is 4.98 Å². The van der Waals surface area contributed by atoms with Crippen LogP contribution in [-0.4, -0.2) is 33.3 Å². The summed E-state index contributed by atoms with van der Waals surface area (Å²) >= 11 is 1.24. The van der Waals surface area contributed by atoms with Crippen molar-refractivity contribution in [3.05, 3.63) is 80.9 Å². The highest BCUT2D eigenvalue weighted by Crippen LogP contribution is 2.41. The van der Waals surface area contributed by atoms with E-state index in [4.69, 9.17) is 9.15 Å². The summed E-state index contributed by atoms with van der Waals surface area (Å²) in [6, 6.07) is 9.90. The molecule has 2 aromatic heterocycles. The van der Waals surface area contributed by atoms with E-state index in [1.807, 2.05) is 38.1 Å². The van der Waals surface area contributed by atoms with Gasteiger partial charge in [0.15, 0.2) is 5.76 Å². The lowest BCUT2D eigenvalue weighted by Crippen LogP contribution is -2.30. The molecule has 8 heteroatoms. The number of nitrogens with zero attached hydrogens (tertiary/aromatic N) is 2. The molecule has 4 rings (SSSR count). The Morgan fingerprint density at radius 1 is 1.26 bits per heavy atom. The van der Waals surface area contributed by atoms with Gasteiger partial charge < -0.3 is 19.2 Å². The number of amides is 1. The predicted octanol–water partition coefficient (Wildman–Crippen LogP) is 4.53. The number of ketones is 1. The van der Waals surface area contributed by atoms with E-state index in [-0.39, 0.29) is 12.1 Å². The maximum atomic E-state index is 13.4. The molecular formula is C23H22N2O5S. The number of ether oxygens (including phenoxy) is 1. The van der Waals surface area contributed by atoms with Crippen LogP contribution in [0.15, 0.2) is 58.4 Å². The molecule has 1 aliphatic rings. The van der Waals surface area contributed by atoms with Crippen LogP contribution < -0.4 is 4.74 Å². The highest BCUT2D eigenvalue weighted by atomic mass is 32.1. The molecule has 1 aliphatic heterocycles. The van der Waals surface area contributed by atoms with Crippen molar-refractivity contribution in [2.45, 2.75) is 33.4 Å². The Morgan fingerprint density at radius 3 is 2.58 bits per heavy atom. The van der Waals surface area contributed by atoms with Gasteiger partial charge >= 0.3 is 0 Å². The van der Waals surface area contributed by atoms with Gasteiger partial charge in [-0.15, -0.1) is 11.3 Å². The number of hydrogen-bond acceptors (Lipinski definition) is 7. The number of carbonyl (C=O) groups is 2. The maximum Gasteiger partial charge on any atom is 0.290 e. The fourth-order valence-electron chi connectivity index (χ4n) is 3.71. The third kappa shape index (κ3) is 3.86. The van der Waals surface area contributed by atoms with Crippen LogP contribution in [0.1, 0.15) is 44.7 Å². The van der Waals surface area contributed by atoms with Crippen LogP contribution in [0.25, 0.3) is 0 Å². The van der Waals surface area contributed by atoms with Crippen LogP contribution in [0.2, 0.25) is 0 Å². The SMILES string of the molecule is CCOc1ccc(CN2C(=O)C(O)=C(C(=O)c3sc(C)nc3C)C2c2ccco2)cc1. The molecule has 7 nitrogen and oxygen atoms in total. The van der Waals surface area contributed by atoms with Gasteiger partial charge in [0, 0.05) is 6.54 Å². The third-order valence-corrected chi connectivity index (χ3v) is 6.13. The largest absolute Gasteiger partial charge is 0.503 e. The van der Waals surface area contributed by atoms with Crippen molar-refractivity contribution in [3.8, 4) is 5.75 Å². The van der Waals surface area contributed by atoms with Crippen molar-refractivity contribution in [2.75, 3.05) is 6.61 Å². The highest BCUT2D eigenvalue weighted by molar-refractivity contribution is 7.14. The lowest BCUT2D eigenvalue weighted by atomic mass is 9.99. The van der Waals surface area contributed by atoms with Crippen molar-refractivity contribution in [1.82, 2.24) is 9.88 Å². The first-order valence-corrected chi connectivity index (χ1v) is 10.7. The van der Waals surface area contributed by atoms with Gasteiger partial charge in [-0.25, -0.2) is 4.98 Å². The topological polar surface area (TPSA) is 92.9 Å². The first-order chi connectivity index (χ1) is 14.9. The lowest BCUT2D eigenvalue weighted by Gasteiger charge is -2.25. The fraction of sp³-hybridized carbons (Fsp3) is 0.261. The number of aryl methyl sites for hydroxylation is 2. The Morgan fingerprint density at radius 2 is 2.00 bits per heavy atom. The van der Waals surface area contributed by atoms with Crippen molar-refractivity contribution in [2.24, 2.45) is 0 Å². The number of carbonyl (C=O) groups excluding carboxylic acids is 2. The van der Waals surface area contributed by atoms with Gasteiger partial charge in [0.2, 0.25) is 5.78 Å². The van der Waals surface area contributed by atoms with E-state index in [0.717, 1.165) is 16.3 Å². The summed E-state index contributed by atoms with van der Waals surface area (Å²) in [5, 5.41) is 11.5. The van der Waals surface area contributed by atoms with Gasteiger partial charge in [0.1, 0.15) is 17.6 Å². The lowest BCUT2D eigenvalue weighted by molar-refractivity contribution is -0.130. The van der Waals surface area contributed by atoms with Crippen LogP contribution in [0, 0.1) is 13.8 Å². The van der Waals surface area contributed by atoms with Crippen molar-refractivity contribution in [1.29, 1.82) is 0 Å². The van der Waals surface area contributed by atoms with Crippen LogP contribution in [0.4, 0.5) is 0 Å². The molecule has 1 aromatic carbocycles. The van der Waals surface area contributed by atoms with Crippen LogP contribution in [0.3, 0.4) is 0 Å². The van der Waals surface area contributed by atoms with Crippen molar-refractivity contribution >= 4 is 23.0 Å². The third-order valence-electron chi connectivity index (χ3n) is 5.06. The van der Waals surface area contributed by atoms with Gasteiger partial charge in [0.05, 0.1) is 34.0 Å². The average Bonchev–Trinajstić information content (AvgIpc) is 3.44. The normalized spacial score (nSPS) is 16.3. The maximum absolute atomic E-state index is 13.4. The molecule has 3 aromatic rings. The zero-order valence-electron chi connectivity index (χ0n) is 17.4. The summed E-state index contributed by atoms with van der Waals surface area (Å²) in [6.45, 7) is 6.21. The second-order valence-corrected chi connectivity index (χ2v) is 8.37. The zero-order chi connectivity index (χ0) is 22.1. The number of aromatic nitrogens is 1. The quantitative estimate of drug-likeness (QED) is 0.545. The van der Waals surface area contributed by atoms with Gasteiger partial charge in [-0.1, -0.05) is 12.1 Å². The predicted molar refractivity (Wildman–Crippen MR) is 115 cm³/mol. The minimum atomic E-state index is -0.830. The number of hydrogen-bond donors (Lipinski definition) is 1. The molecule has 160 valence electrons. The molecule has 0 aliphatic carbocycles. The number of aliphatic hydroxyl groups excluding tert-OH is 1. The Bertz CT molecular complexity index is 1150. The molecule has 31 heavy (non-hydrogen) atoms. The number of benzene rings is 1. The Kier molecular flexibility index (Phi) is 5.65. The molecule has 0 spiro atoms. The Labute approximate surface area is 183 Å². The molecule has 1 N–H and O–H groups in total. The summed E-state index contributed by atoms with van der Waals surface area (Å²) in [6.07, 6.45) is 1.48. The Balaban J connectivity index is 1.71. The van der Waals surface area contributed by atoms with E-state index < -0.39 is 23.5 Å². The number of rotatable bonds is 7. The monoisotopic (exact) mass is 438 g/mol. The van der Waals surface area contributed by atoms with E-state index >= 15 is 0 Å². The molecule has 0 saturated carbocycles. The van der Waals surface area contributed by atoms with Crippen LogP contribution >= 0.6 is 11.3 Å². The van der Waals surface area contributed by atoms with Gasteiger partial charge in [-0.2, -0.15) is 0 Å². The summed E-state index contributed by atoms with van der Waals surface area (Å²) < 4.78 is 11.0. The summed E-state index contributed by atoms with van der Waals surface area (Å²) in [5.74, 6) is -0.440. The number of thiazole rings is 1. The molecule has 1 unspecified atom stereocenters. The van der Waals surface area contributed by atoms with Crippen molar-refractivity contribution in [3.63, 3.8) is 0 Å². The molecule has 0 fully saturated rings. The molecule has 0 radical (unpaired) electrons. The molecule has 1 amide bonds. The molecule has 0 saturated heterocycles. The highest BCUT2D eigenvalue weighted by Gasteiger charge is 2.45. The summed E-state index contributed by atoms with van der Waals surface area (Å²) in [7, 11) is 0. The Hall–Kier alpha value is -3.39. The van der Waals surface area contributed by atoms with Gasteiger partial charge in [-0.05, 0) is 50.6 Å². The first kappa shape index (κ1) is 20.9. The van der Waals surface area contributed by atoms with Gasteiger partial charge in [-0.3, -0.25) is 9.59 Å². The number of Topliss-reactive ketones (excluding diaryl/α,β-unsaturated/α-hetero) is 1. The summed E-state index contributed by atoms with van der Waals surface area (Å²) in [4.78, 5) is 32.5. The fourth-order valence-corrected chi connectivity index (χ4v) is 4.58. The molecular weight excluding hydrogens is 416 g/mol. The second-order valence-electron chi connectivity index (χ2n) is 7.17. The van der Waals surface area contributed by atoms with E-state index in [9.17, 15) is 14.7 Å². The zero-order valence-corrected chi connectivity index (χ0v) is 18.2. The molecule has 0 bridgehead atoms. The second kappa shape index (κ2) is 8.39. The summed E-state index contributed by atoms with van der Waals surface area (Å²) in [5.41, 5.74) is 1.42. The minimum Gasteiger partial charge on any atom is -0.503 e. The molecule has 1 atom stereocenters. The smallest absolute Gasteiger partial charge is 0.290 e. The van der Waals surface area contributed by atoms with E-state index in [1.54, 1.807) is 19.1 Å². The number of aliphatic hydroxyl groups is 1. The van der Waals surface area contributed by atoms with E-state index in [1.165, 1.54) is 22.5 Å².